The molecule has 2 heterocycles. The summed E-state index contributed by atoms with van der Waals surface area (Å²) in [6.07, 6.45) is 3.09. The zero-order valence-electron chi connectivity index (χ0n) is 8.09. The summed E-state index contributed by atoms with van der Waals surface area (Å²) in [5, 5.41) is 9.07. The molecule has 5 nitrogen and oxygen atoms in total. The van der Waals surface area contributed by atoms with Crippen molar-refractivity contribution in [2.75, 3.05) is 5.84 Å². The summed E-state index contributed by atoms with van der Waals surface area (Å²) in [5.74, 6) is 4.47. The van der Waals surface area contributed by atoms with Gasteiger partial charge in [-0.05, 0) is 28.1 Å². The SMILES string of the molecule is Nn1cc(Br)c(-c2ccccn2)c1C(=O)O. The van der Waals surface area contributed by atoms with Crippen LogP contribution in [-0.4, -0.2) is 20.7 Å². The summed E-state index contributed by atoms with van der Waals surface area (Å²) in [6.45, 7) is 0. The molecule has 82 valence electrons. The van der Waals surface area contributed by atoms with Crippen molar-refractivity contribution < 1.29 is 9.90 Å². The number of carbonyl (C=O) groups is 1. The number of carboxylic acid groups (broad SMARTS) is 1. The minimum absolute atomic E-state index is 0.00516. The van der Waals surface area contributed by atoms with Crippen LogP contribution in [0.3, 0.4) is 0 Å². The van der Waals surface area contributed by atoms with Crippen molar-refractivity contribution in [3.05, 3.63) is 40.8 Å². The van der Waals surface area contributed by atoms with Crippen LogP contribution in [0.25, 0.3) is 11.3 Å². The van der Waals surface area contributed by atoms with E-state index in [1.54, 1.807) is 24.4 Å². The molecule has 0 unspecified atom stereocenters. The number of rotatable bonds is 2. The third-order valence-corrected chi connectivity index (χ3v) is 2.71. The quantitative estimate of drug-likeness (QED) is 0.822. The van der Waals surface area contributed by atoms with E-state index in [9.17, 15) is 4.79 Å². The van der Waals surface area contributed by atoms with Gasteiger partial charge in [0.2, 0.25) is 0 Å². The van der Waals surface area contributed by atoms with Crippen LogP contribution < -0.4 is 5.84 Å². The van der Waals surface area contributed by atoms with Crippen LogP contribution in [0.2, 0.25) is 0 Å². The molecule has 3 N–H and O–H groups in total. The molecule has 0 amide bonds. The Morgan fingerprint density at radius 2 is 2.25 bits per heavy atom. The van der Waals surface area contributed by atoms with Gasteiger partial charge < -0.3 is 10.9 Å². The van der Waals surface area contributed by atoms with Crippen LogP contribution in [0.5, 0.6) is 0 Å². The number of pyridine rings is 1. The summed E-state index contributed by atoms with van der Waals surface area (Å²) >= 11 is 3.27. The Morgan fingerprint density at radius 3 is 2.81 bits per heavy atom. The molecule has 0 aliphatic rings. The van der Waals surface area contributed by atoms with E-state index in [0.717, 1.165) is 4.68 Å². The van der Waals surface area contributed by atoms with Crippen molar-refractivity contribution in [3.8, 4) is 11.3 Å². The predicted octanol–water partition coefficient (Wildman–Crippen LogP) is 1.72. The van der Waals surface area contributed by atoms with Crippen LogP contribution in [0.15, 0.2) is 35.1 Å². The van der Waals surface area contributed by atoms with E-state index in [4.69, 9.17) is 10.9 Å². The van der Waals surface area contributed by atoms with Gasteiger partial charge in [0.15, 0.2) is 5.69 Å². The fourth-order valence-corrected chi connectivity index (χ4v) is 2.08. The third-order valence-electron chi connectivity index (χ3n) is 2.11. The first kappa shape index (κ1) is 10.7. The Labute approximate surface area is 99.6 Å². The number of nitrogen functional groups attached to an aromatic ring is 1. The molecular weight excluding hydrogens is 274 g/mol. The normalized spacial score (nSPS) is 10.3. The third kappa shape index (κ3) is 1.67. The lowest BCUT2D eigenvalue weighted by atomic mass is 10.1. The molecule has 0 aliphatic carbocycles. The standard InChI is InChI=1S/C10H8BrN3O2/c11-6-5-14(12)9(10(15)16)8(6)7-3-1-2-4-13-7/h1-5H,12H2,(H,15,16). The van der Waals surface area contributed by atoms with Crippen molar-refractivity contribution in [2.24, 2.45) is 0 Å². The van der Waals surface area contributed by atoms with Gasteiger partial charge in [-0.2, -0.15) is 0 Å². The Bertz CT molecular complexity index is 536. The number of carboxylic acids is 1. The second-order valence-electron chi connectivity index (χ2n) is 3.13. The molecule has 0 aliphatic heterocycles. The van der Waals surface area contributed by atoms with Crippen molar-refractivity contribution in [1.29, 1.82) is 0 Å². The van der Waals surface area contributed by atoms with Crippen LogP contribution in [-0.2, 0) is 0 Å². The van der Waals surface area contributed by atoms with Gasteiger partial charge in [0, 0.05) is 22.4 Å². The van der Waals surface area contributed by atoms with E-state index in [1.165, 1.54) is 6.20 Å². The van der Waals surface area contributed by atoms with Gasteiger partial charge in [0.25, 0.3) is 0 Å². The van der Waals surface area contributed by atoms with Crippen molar-refractivity contribution in [3.63, 3.8) is 0 Å². The van der Waals surface area contributed by atoms with E-state index in [2.05, 4.69) is 20.9 Å². The Hall–Kier alpha value is -1.82. The highest BCUT2D eigenvalue weighted by atomic mass is 79.9. The molecule has 0 aromatic carbocycles. The fourth-order valence-electron chi connectivity index (χ4n) is 1.47. The largest absolute Gasteiger partial charge is 0.476 e. The molecule has 0 radical (unpaired) electrons. The lowest BCUT2D eigenvalue weighted by Gasteiger charge is -2.02. The minimum atomic E-state index is -1.09. The van der Waals surface area contributed by atoms with Gasteiger partial charge in [-0.15, -0.1) is 0 Å². The van der Waals surface area contributed by atoms with E-state index in [-0.39, 0.29) is 5.69 Å². The highest BCUT2D eigenvalue weighted by Crippen LogP contribution is 2.31. The molecule has 0 saturated carbocycles. The Kier molecular flexibility index (Phi) is 2.66. The predicted molar refractivity (Wildman–Crippen MR) is 62.5 cm³/mol. The van der Waals surface area contributed by atoms with E-state index < -0.39 is 5.97 Å². The maximum atomic E-state index is 11.1. The van der Waals surface area contributed by atoms with E-state index in [1.807, 2.05) is 0 Å². The van der Waals surface area contributed by atoms with Crippen LogP contribution in [0.4, 0.5) is 0 Å². The lowest BCUT2D eigenvalue weighted by molar-refractivity contribution is 0.0688. The number of nitrogens with two attached hydrogens (primary N) is 1. The molecule has 2 aromatic heterocycles. The van der Waals surface area contributed by atoms with Crippen molar-refractivity contribution >= 4 is 21.9 Å². The van der Waals surface area contributed by atoms with E-state index in [0.29, 0.717) is 15.7 Å². The smallest absolute Gasteiger partial charge is 0.355 e. The van der Waals surface area contributed by atoms with Crippen LogP contribution >= 0.6 is 15.9 Å². The number of hydrogen-bond acceptors (Lipinski definition) is 3. The molecule has 0 spiro atoms. The number of nitrogens with zero attached hydrogens (tertiary/aromatic N) is 2. The minimum Gasteiger partial charge on any atom is -0.476 e. The van der Waals surface area contributed by atoms with Gasteiger partial charge >= 0.3 is 5.97 Å². The second kappa shape index (κ2) is 3.97. The lowest BCUT2D eigenvalue weighted by Crippen LogP contribution is -2.15. The first-order chi connectivity index (χ1) is 7.61. The van der Waals surface area contributed by atoms with Gasteiger partial charge in [-0.3, -0.25) is 9.66 Å². The molecule has 0 fully saturated rings. The van der Waals surface area contributed by atoms with Gasteiger partial charge in [0.1, 0.15) is 0 Å². The molecule has 0 bridgehead atoms. The van der Waals surface area contributed by atoms with E-state index >= 15 is 0 Å². The Morgan fingerprint density at radius 1 is 1.50 bits per heavy atom. The first-order valence-electron chi connectivity index (χ1n) is 4.42. The zero-order chi connectivity index (χ0) is 11.7. The summed E-state index contributed by atoms with van der Waals surface area (Å²) in [4.78, 5) is 15.2. The number of halogens is 1. The number of hydrogen-bond donors (Lipinski definition) is 2. The van der Waals surface area contributed by atoms with Gasteiger partial charge in [-0.1, -0.05) is 6.07 Å². The van der Waals surface area contributed by atoms with Crippen LogP contribution in [0.1, 0.15) is 10.5 Å². The molecule has 2 rings (SSSR count). The molecule has 0 atom stereocenters. The number of aromatic nitrogens is 2. The molecular formula is C10H8BrN3O2. The van der Waals surface area contributed by atoms with Gasteiger partial charge in [-0.25, -0.2) is 4.79 Å². The summed E-state index contributed by atoms with van der Waals surface area (Å²) in [6, 6.07) is 5.28. The first-order valence-corrected chi connectivity index (χ1v) is 5.21. The molecule has 0 saturated heterocycles. The zero-order valence-corrected chi connectivity index (χ0v) is 9.68. The molecule has 16 heavy (non-hydrogen) atoms. The number of aromatic carboxylic acids is 1. The highest BCUT2D eigenvalue weighted by Gasteiger charge is 2.21. The maximum absolute atomic E-state index is 11.1. The molecule has 2 aromatic rings. The summed E-state index contributed by atoms with van der Waals surface area (Å²) in [7, 11) is 0. The maximum Gasteiger partial charge on any atom is 0.355 e. The van der Waals surface area contributed by atoms with Gasteiger partial charge in [0.05, 0.1) is 5.69 Å². The fraction of sp³-hybridized carbons (Fsp3) is 0. The van der Waals surface area contributed by atoms with Crippen molar-refractivity contribution in [2.45, 2.75) is 0 Å². The average molecular weight is 282 g/mol. The van der Waals surface area contributed by atoms with Crippen LogP contribution in [0, 0.1) is 0 Å². The van der Waals surface area contributed by atoms with Crippen molar-refractivity contribution in [1.82, 2.24) is 9.66 Å². The molecule has 6 heteroatoms. The highest BCUT2D eigenvalue weighted by molar-refractivity contribution is 9.10. The monoisotopic (exact) mass is 281 g/mol. The second-order valence-corrected chi connectivity index (χ2v) is 3.98. The average Bonchev–Trinajstić information content (AvgIpc) is 2.55. The summed E-state index contributed by atoms with van der Waals surface area (Å²) < 4.78 is 1.67. The topological polar surface area (TPSA) is 81.1 Å². The summed E-state index contributed by atoms with van der Waals surface area (Å²) in [5.41, 5.74) is 1.05. The Balaban J connectivity index is 2.69.